The van der Waals surface area contributed by atoms with Crippen molar-refractivity contribution in [2.45, 2.75) is 24.0 Å². The van der Waals surface area contributed by atoms with Gasteiger partial charge in [0, 0.05) is 18.9 Å². The van der Waals surface area contributed by atoms with Gasteiger partial charge in [0.1, 0.15) is 23.7 Å². The monoisotopic (exact) mass is 686 g/mol. The summed E-state index contributed by atoms with van der Waals surface area (Å²) in [5, 5.41) is 15.9. The highest BCUT2D eigenvalue weighted by Gasteiger charge is 2.38. The maximum absolute atomic E-state index is 13.0. The van der Waals surface area contributed by atoms with Crippen molar-refractivity contribution in [3.63, 3.8) is 0 Å². The highest BCUT2D eigenvalue weighted by Crippen LogP contribution is 2.45. The van der Waals surface area contributed by atoms with Crippen molar-refractivity contribution in [3.05, 3.63) is 155 Å². The lowest BCUT2D eigenvalue weighted by Gasteiger charge is -2.37. The maximum Gasteiger partial charge on any atom is 0.407 e. The van der Waals surface area contributed by atoms with E-state index in [4.69, 9.17) is 18.9 Å². The molecule has 9 heteroatoms. The molecule has 1 unspecified atom stereocenters. The Morgan fingerprint density at radius 3 is 1.75 bits per heavy atom. The fourth-order valence-electron chi connectivity index (χ4n) is 6.67. The van der Waals surface area contributed by atoms with E-state index in [-0.39, 0.29) is 44.6 Å². The minimum absolute atomic E-state index is 0.0124. The second-order valence-corrected chi connectivity index (χ2v) is 12.3. The number of hydrogen-bond acceptors (Lipinski definition) is 7. The van der Waals surface area contributed by atoms with Crippen LogP contribution >= 0.6 is 0 Å². The Morgan fingerprint density at radius 1 is 0.706 bits per heavy atom. The van der Waals surface area contributed by atoms with Crippen molar-refractivity contribution < 1.29 is 33.6 Å². The molecule has 0 aliphatic heterocycles. The van der Waals surface area contributed by atoms with Gasteiger partial charge in [0.25, 0.3) is 0 Å². The van der Waals surface area contributed by atoms with Gasteiger partial charge in [0.05, 0.1) is 33.5 Å². The molecule has 1 aliphatic rings. The van der Waals surface area contributed by atoms with Gasteiger partial charge in [-0.05, 0) is 63.2 Å². The molecule has 51 heavy (non-hydrogen) atoms. The van der Waals surface area contributed by atoms with E-state index < -0.39 is 17.7 Å². The molecule has 0 aromatic heterocycles. The van der Waals surface area contributed by atoms with E-state index in [0.29, 0.717) is 11.5 Å². The first-order valence-corrected chi connectivity index (χ1v) is 16.9. The predicted molar refractivity (Wildman–Crippen MR) is 195 cm³/mol. The van der Waals surface area contributed by atoms with E-state index in [2.05, 4.69) is 34.9 Å². The summed E-state index contributed by atoms with van der Waals surface area (Å²) in [4.78, 5) is 25.7. The Labute approximate surface area is 298 Å². The molecule has 0 heterocycles. The third-order valence-electron chi connectivity index (χ3n) is 9.23. The minimum Gasteiger partial charge on any atom is -0.497 e. The summed E-state index contributed by atoms with van der Waals surface area (Å²) in [7, 11) is 3.22. The van der Waals surface area contributed by atoms with Gasteiger partial charge in [0.15, 0.2) is 0 Å². The summed E-state index contributed by atoms with van der Waals surface area (Å²) < 4.78 is 23.3. The number of benzene rings is 5. The Kier molecular flexibility index (Phi) is 11.3. The highest BCUT2D eigenvalue weighted by molar-refractivity contribution is 5.79. The predicted octanol–water partition coefficient (Wildman–Crippen LogP) is 6.42. The van der Waals surface area contributed by atoms with Crippen LogP contribution in [0.25, 0.3) is 11.1 Å². The fourth-order valence-corrected chi connectivity index (χ4v) is 6.67. The number of hydrogen-bond donors (Lipinski definition) is 3. The van der Waals surface area contributed by atoms with Gasteiger partial charge < -0.3 is 34.7 Å². The zero-order chi connectivity index (χ0) is 35.6. The van der Waals surface area contributed by atoms with Crippen molar-refractivity contribution in [3.8, 4) is 22.6 Å². The number of carbonyl (C=O) groups is 2. The average Bonchev–Trinajstić information content (AvgIpc) is 3.51. The molecule has 2 amide bonds. The number of carbonyl (C=O) groups excluding carboxylic acids is 2. The standard InChI is InChI=1S/C42H42N2O7/c1-48-33-20-16-30(17-21-33)42(29-10-4-3-5-11-29,31-18-22-34(49-2)23-19-31)51-27-32(26-45)44-40(46)24-25-43-41(47)50-28-39-37-14-8-6-12-35(37)36-13-7-9-15-38(36)39/h3-23,32,39,45H,24-28H2,1-2H3,(H,43,47)(H,44,46). The van der Waals surface area contributed by atoms with Crippen molar-refractivity contribution in [1.29, 1.82) is 0 Å². The Hall–Kier alpha value is -5.64. The second-order valence-electron chi connectivity index (χ2n) is 12.3. The van der Waals surface area contributed by atoms with Crippen LogP contribution in [0.3, 0.4) is 0 Å². The third-order valence-corrected chi connectivity index (χ3v) is 9.23. The van der Waals surface area contributed by atoms with E-state index in [9.17, 15) is 14.7 Å². The molecule has 0 fully saturated rings. The fraction of sp³-hybridized carbons (Fsp3) is 0.238. The van der Waals surface area contributed by atoms with Crippen LogP contribution in [-0.2, 0) is 19.9 Å². The van der Waals surface area contributed by atoms with Gasteiger partial charge in [-0.1, -0.05) is 103 Å². The topological polar surface area (TPSA) is 115 Å². The number of fused-ring (bicyclic) bond motifs is 3. The number of alkyl carbamates (subject to hydrolysis) is 1. The molecule has 6 rings (SSSR count). The van der Waals surface area contributed by atoms with Crippen LogP contribution in [0, 0.1) is 0 Å². The summed E-state index contributed by atoms with van der Waals surface area (Å²) >= 11 is 0. The van der Waals surface area contributed by atoms with Crippen LogP contribution in [-0.4, -0.2) is 63.7 Å². The lowest BCUT2D eigenvalue weighted by molar-refractivity contribution is -0.123. The van der Waals surface area contributed by atoms with Gasteiger partial charge in [-0.15, -0.1) is 0 Å². The largest absolute Gasteiger partial charge is 0.497 e. The van der Waals surface area contributed by atoms with Crippen LogP contribution in [0.5, 0.6) is 11.5 Å². The quantitative estimate of drug-likeness (QED) is 0.109. The molecule has 1 aliphatic carbocycles. The number of amides is 2. The van der Waals surface area contributed by atoms with Crippen molar-refractivity contribution in [1.82, 2.24) is 10.6 Å². The van der Waals surface area contributed by atoms with Gasteiger partial charge in [0.2, 0.25) is 5.91 Å². The molecule has 0 radical (unpaired) electrons. The van der Waals surface area contributed by atoms with E-state index in [1.54, 1.807) is 14.2 Å². The van der Waals surface area contributed by atoms with Gasteiger partial charge in [-0.25, -0.2) is 4.79 Å². The van der Waals surface area contributed by atoms with Crippen LogP contribution in [0.15, 0.2) is 127 Å². The van der Waals surface area contributed by atoms with Crippen molar-refractivity contribution in [2.75, 3.05) is 40.6 Å². The number of ether oxygens (including phenoxy) is 4. The first-order valence-electron chi connectivity index (χ1n) is 16.9. The van der Waals surface area contributed by atoms with Crippen LogP contribution in [0.4, 0.5) is 4.79 Å². The summed E-state index contributed by atoms with van der Waals surface area (Å²) in [5.41, 5.74) is 5.95. The van der Waals surface area contributed by atoms with Crippen molar-refractivity contribution in [2.24, 2.45) is 0 Å². The molecular formula is C42H42N2O7. The number of nitrogens with one attached hydrogen (secondary N) is 2. The van der Waals surface area contributed by atoms with Crippen LogP contribution < -0.4 is 20.1 Å². The van der Waals surface area contributed by atoms with Gasteiger partial charge in [-0.3, -0.25) is 4.79 Å². The normalized spacial score (nSPS) is 12.7. The van der Waals surface area contributed by atoms with E-state index in [1.807, 2.05) is 103 Å². The number of aliphatic hydroxyl groups excluding tert-OH is 1. The van der Waals surface area contributed by atoms with E-state index in [0.717, 1.165) is 38.9 Å². The average molecular weight is 687 g/mol. The Balaban J connectivity index is 1.09. The molecule has 3 N–H and O–H groups in total. The number of aliphatic hydroxyl groups is 1. The van der Waals surface area contributed by atoms with Crippen LogP contribution in [0.2, 0.25) is 0 Å². The minimum atomic E-state index is -1.11. The summed E-state index contributed by atoms with van der Waals surface area (Å²) in [5.74, 6) is 0.983. The summed E-state index contributed by atoms with van der Waals surface area (Å²) in [6.07, 6.45) is -0.611. The molecule has 9 nitrogen and oxygen atoms in total. The third kappa shape index (κ3) is 7.75. The first-order chi connectivity index (χ1) is 25.0. The Bertz CT molecular complexity index is 1820. The van der Waals surface area contributed by atoms with Gasteiger partial charge in [-0.2, -0.15) is 0 Å². The summed E-state index contributed by atoms with van der Waals surface area (Å²) in [6, 6.07) is 40.6. The molecule has 5 aromatic carbocycles. The molecule has 0 saturated heterocycles. The zero-order valence-electron chi connectivity index (χ0n) is 28.7. The molecule has 262 valence electrons. The summed E-state index contributed by atoms with van der Waals surface area (Å²) in [6.45, 7) is -0.134. The second kappa shape index (κ2) is 16.4. The van der Waals surface area contributed by atoms with Gasteiger partial charge >= 0.3 is 6.09 Å². The highest BCUT2D eigenvalue weighted by atomic mass is 16.5. The molecule has 0 spiro atoms. The molecule has 5 aromatic rings. The van der Waals surface area contributed by atoms with E-state index >= 15 is 0 Å². The molecule has 1 atom stereocenters. The number of rotatable bonds is 15. The van der Waals surface area contributed by atoms with E-state index in [1.165, 1.54) is 0 Å². The molecule has 0 saturated carbocycles. The lowest BCUT2D eigenvalue weighted by atomic mass is 9.80. The van der Waals surface area contributed by atoms with Crippen molar-refractivity contribution >= 4 is 12.0 Å². The SMILES string of the molecule is COc1ccc(C(OCC(CO)NC(=O)CCNC(=O)OCC2c3ccccc3-c3ccccc32)(c2ccccc2)c2ccc(OC)cc2)cc1. The zero-order valence-corrected chi connectivity index (χ0v) is 28.7. The smallest absolute Gasteiger partial charge is 0.407 e. The number of methoxy groups -OCH3 is 2. The molecular weight excluding hydrogens is 644 g/mol. The Morgan fingerprint density at radius 2 is 1.22 bits per heavy atom. The molecule has 0 bridgehead atoms. The maximum atomic E-state index is 13.0. The first kappa shape index (κ1) is 35.2. The lowest BCUT2D eigenvalue weighted by Crippen LogP contribution is -2.45. The van der Waals surface area contributed by atoms with Crippen LogP contribution in [0.1, 0.15) is 40.2 Å².